The number of hydrogen-bond acceptors (Lipinski definition) is 4. The minimum Gasteiger partial charge on any atom is -0.497 e. The summed E-state index contributed by atoms with van der Waals surface area (Å²) in [6.45, 7) is 0.401. The predicted octanol–water partition coefficient (Wildman–Crippen LogP) is 1.93. The van der Waals surface area contributed by atoms with Gasteiger partial charge in [-0.2, -0.15) is 0 Å². The molecule has 1 amide bonds. The van der Waals surface area contributed by atoms with Gasteiger partial charge < -0.3 is 14.5 Å². The van der Waals surface area contributed by atoms with Crippen molar-refractivity contribution in [3.8, 4) is 5.75 Å². The van der Waals surface area contributed by atoms with E-state index in [0.29, 0.717) is 19.4 Å². The van der Waals surface area contributed by atoms with Crippen molar-refractivity contribution in [1.29, 1.82) is 0 Å². The SMILES string of the molecule is COc1ccc(CCC(=O)NCc2cocn2)cc1. The van der Waals surface area contributed by atoms with Crippen molar-refractivity contribution in [2.75, 3.05) is 7.11 Å². The third kappa shape index (κ3) is 4.13. The second-order valence-corrected chi connectivity index (χ2v) is 4.10. The van der Waals surface area contributed by atoms with Gasteiger partial charge in [0, 0.05) is 6.42 Å². The zero-order valence-corrected chi connectivity index (χ0v) is 10.8. The Morgan fingerprint density at radius 1 is 1.37 bits per heavy atom. The van der Waals surface area contributed by atoms with Gasteiger partial charge in [0.1, 0.15) is 12.0 Å². The van der Waals surface area contributed by atoms with Gasteiger partial charge in [0.2, 0.25) is 5.91 Å². The highest BCUT2D eigenvalue weighted by Crippen LogP contribution is 2.12. The van der Waals surface area contributed by atoms with Crippen molar-refractivity contribution in [3.63, 3.8) is 0 Å². The number of nitrogens with one attached hydrogen (secondary N) is 1. The molecular formula is C14H16N2O3. The fourth-order valence-electron chi connectivity index (χ4n) is 1.65. The quantitative estimate of drug-likeness (QED) is 0.862. The van der Waals surface area contributed by atoms with Crippen LogP contribution in [-0.2, 0) is 17.8 Å². The number of amides is 1. The van der Waals surface area contributed by atoms with Crippen LogP contribution in [0.3, 0.4) is 0 Å². The van der Waals surface area contributed by atoms with E-state index in [9.17, 15) is 4.79 Å². The molecule has 2 rings (SSSR count). The van der Waals surface area contributed by atoms with Crippen LogP contribution in [-0.4, -0.2) is 18.0 Å². The topological polar surface area (TPSA) is 64.4 Å². The summed E-state index contributed by atoms with van der Waals surface area (Å²) in [5, 5.41) is 2.79. The Bertz CT molecular complexity index is 506. The minimum atomic E-state index is -0.00109. The summed E-state index contributed by atoms with van der Waals surface area (Å²) in [7, 11) is 1.63. The Balaban J connectivity index is 1.73. The molecule has 0 saturated heterocycles. The lowest BCUT2D eigenvalue weighted by atomic mass is 10.1. The van der Waals surface area contributed by atoms with Gasteiger partial charge in [0.05, 0.1) is 19.3 Å². The molecule has 0 unspecified atom stereocenters. The number of benzene rings is 1. The molecule has 0 radical (unpaired) electrons. The Morgan fingerprint density at radius 2 is 2.16 bits per heavy atom. The van der Waals surface area contributed by atoms with Gasteiger partial charge >= 0.3 is 0 Å². The summed E-state index contributed by atoms with van der Waals surface area (Å²) in [6.07, 6.45) is 4.02. The average molecular weight is 260 g/mol. The van der Waals surface area contributed by atoms with Crippen molar-refractivity contribution < 1.29 is 13.9 Å². The summed E-state index contributed by atoms with van der Waals surface area (Å²) >= 11 is 0. The fourth-order valence-corrected chi connectivity index (χ4v) is 1.65. The molecule has 1 heterocycles. The van der Waals surface area contributed by atoms with Crippen LogP contribution < -0.4 is 10.1 Å². The molecule has 0 aliphatic rings. The third-order valence-electron chi connectivity index (χ3n) is 2.75. The number of ether oxygens (including phenoxy) is 1. The van der Waals surface area contributed by atoms with Gasteiger partial charge in [-0.3, -0.25) is 4.79 Å². The lowest BCUT2D eigenvalue weighted by Gasteiger charge is -2.04. The van der Waals surface area contributed by atoms with E-state index in [1.165, 1.54) is 12.7 Å². The van der Waals surface area contributed by atoms with Gasteiger partial charge in [-0.05, 0) is 24.1 Å². The van der Waals surface area contributed by atoms with E-state index in [1.54, 1.807) is 7.11 Å². The van der Waals surface area contributed by atoms with E-state index in [2.05, 4.69) is 10.3 Å². The fraction of sp³-hybridized carbons (Fsp3) is 0.286. The van der Waals surface area contributed by atoms with Crippen LogP contribution in [0.5, 0.6) is 5.75 Å². The Labute approximate surface area is 111 Å². The summed E-state index contributed by atoms with van der Waals surface area (Å²) in [4.78, 5) is 15.6. The van der Waals surface area contributed by atoms with Gasteiger partial charge in [-0.15, -0.1) is 0 Å². The molecule has 0 aliphatic carbocycles. The summed E-state index contributed by atoms with van der Waals surface area (Å²) < 4.78 is 9.90. The van der Waals surface area contributed by atoms with Crippen LogP contribution >= 0.6 is 0 Å². The van der Waals surface area contributed by atoms with Gasteiger partial charge in [-0.25, -0.2) is 4.98 Å². The van der Waals surface area contributed by atoms with Crippen molar-refractivity contribution in [3.05, 3.63) is 48.2 Å². The zero-order chi connectivity index (χ0) is 13.5. The van der Waals surface area contributed by atoms with E-state index >= 15 is 0 Å². The highest BCUT2D eigenvalue weighted by Gasteiger charge is 2.03. The molecular weight excluding hydrogens is 244 g/mol. The van der Waals surface area contributed by atoms with Gasteiger partial charge in [0.15, 0.2) is 6.39 Å². The van der Waals surface area contributed by atoms with Crippen LogP contribution in [0.4, 0.5) is 0 Å². The van der Waals surface area contributed by atoms with Crippen molar-refractivity contribution in [1.82, 2.24) is 10.3 Å². The largest absolute Gasteiger partial charge is 0.497 e. The van der Waals surface area contributed by atoms with Crippen LogP contribution in [0.15, 0.2) is 41.3 Å². The molecule has 2 aromatic rings. The second-order valence-electron chi connectivity index (χ2n) is 4.10. The minimum absolute atomic E-state index is 0.00109. The highest BCUT2D eigenvalue weighted by atomic mass is 16.5. The molecule has 19 heavy (non-hydrogen) atoms. The molecule has 0 spiro atoms. The van der Waals surface area contributed by atoms with E-state index in [0.717, 1.165) is 17.0 Å². The number of aromatic nitrogens is 1. The van der Waals surface area contributed by atoms with Gasteiger partial charge in [0.25, 0.3) is 0 Å². The Hall–Kier alpha value is -2.30. The first kappa shape index (κ1) is 13.1. The number of carbonyl (C=O) groups excluding carboxylic acids is 1. The number of oxazole rings is 1. The standard InChI is InChI=1S/C14H16N2O3/c1-18-13-5-2-11(3-6-13)4-7-14(17)15-8-12-9-19-10-16-12/h2-3,5-6,9-10H,4,7-8H2,1H3,(H,15,17). The molecule has 0 aliphatic heterocycles. The van der Waals surface area contributed by atoms with Crippen LogP contribution in [0, 0.1) is 0 Å². The lowest BCUT2D eigenvalue weighted by molar-refractivity contribution is -0.121. The van der Waals surface area contributed by atoms with Crippen LogP contribution in [0.2, 0.25) is 0 Å². The maximum atomic E-state index is 11.6. The third-order valence-corrected chi connectivity index (χ3v) is 2.75. The first-order valence-corrected chi connectivity index (χ1v) is 6.04. The number of aryl methyl sites for hydroxylation is 1. The van der Waals surface area contributed by atoms with Crippen molar-refractivity contribution in [2.45, 2.75) is 19.4 Å². The number of hydrogen-bond donors (Lipinski definition) is 1. The molecule has 1 aromatic heterocycles. The predicted molar refractivity (Wildman–Crippen MR) is 69.7 cm³/mol. The molecule has 5 nitrogen and oxygen atoms in total. The average Bonchev–Trinajstić information content (AvgIpc) is 2.96. The molecule has 1 N–H and O–H groups in total. The monoisotopic (exact) mass is 260 g/mol. The Kier molecular flexibility index (Phi) is 4.55. The van der Waals surface area contributed by atoms with E-state index in [1.807, 2.05) is 24.3 Å². The first-order valence-electron chi connectivity index (χ1n) is 6.04. The van der Waals surface area contributed by atoms with E-state index in [-0.39, 0.29) is 5.91 Å². The molecule has 0 atom stereocenters. The molecule has 1 aromatic carbocycles. The second kappa shape index (κ2) is 6.58. The smallest absolute Gasteiger partial charge is 0.220 e. The molecule has 5 heteroatoms. The molecule has 0 bridgehead atoms. The summed E-state index contributed by atoms with van der Waals surface area (Å²) in [5.41, 5.74) is 1.83. The first-order chi connectivity index (χ1) is 9.28. The zero-order valence-electron chi connectivity index (χ0n) is 10.8. The van der Waals surface area contributed by atoms with Crippen molar-refractivity contribution >= 4 is 5.91 Å². The van der Waals surface area contributed by atoms with E-state index < -0.39 is 0 Å². The van der Waals surface area contributed by atoms with Crippen molar-refractivity contribution in [2.24, 2.45) is 0 Å². The summed E-state index contributed by atoms with van der Waals surface area (Å²) in [6, 6.07) is 7.71. The molecule has 0 saturated carbocycles. The van der Waals surface area contributed by atoms with E-state index in [4.69, 9.17) is 9.15 Å². The normalized spacial score (nSPS) is 10.2. The maximum absolute atomic E-state index is 11.6. The van der Waals surface area contributed by atoms with Gasteiger partial charge in [-0.1, -0.05) is 12.1 Å². The Morgan fingerprint density at radius 3 is 2.79 bits per heavy atom. The number of nitrogens with zero attached hydrogens (tertiary/aromatic N) is 1. The highest BCUT2D eigenvalue weighted by molar-refractivity contribution is 5.76. The molecule has 100 valence electrons. The maximum Gasteiger partial charge on any atom is 0.220 e. The van der Waals surface area contributed by atoms with Crippen LogP contribution in [0.25, 0.3) is 0 Å². The molecule has 0 fully saturated rings. The lowest BCUT2D eigenvalue weighted by Crippen LogP contribution is -2.23. The number of methoxy groups -OCH3 is 1. The van der Waals surface area contributed by atoms with Crippen LogP contribution in [0.1, 0.15) is 17.7 Å². The number of carbonyl (C=O) groups is 1. The summed E-state index contributed by atoms with van der Waals surface area (Å²) in [5.74, 6) is 0.818. The number of rotatable bonds is 6.